The molecule has 9 heteroatoms. The summed E-state index contributed by atoms with van der Waals surface area (Å²) in [6.45, 7) is 5.84. The Morgan fingerprint density at radius 1 is 1.28 bits per heavy atom. The Balaban J connectivity index is 1.68. The van der Waals surface area contributed by atoms with E-state index in [2.05, 4.69) is 30.0 Å². The van der Waals surface area contributed by atoms with E-state index in [1.165, 1.54) is 11.4 Å². The zero-order valence-corrected chi connectivity index (χ0v) is 18.5. The van der Waals surface area contributed by atoms with Gasteiger partial charge in [0.25, 0.3) is 0 Å². The fourth-order valence-corrected chi connectivity index (χ4v) is 6.53. The van der Waals surface area contributed by atoms with Crippen molar-refractivity contribution < 1.29 is 17.9 Å². The summed E-state index contributed by atoms with van der Waals surface area (Å²) >= 11 is 0. The first kappa shape index (κ1) is 22.0. The molecule has 0 radical (unpaired) electrons. The van der Waals surface area contributed by atoms with Crippen molar-refractivity contribution >= 4 is 21.6 Å². The van der Waals surface area contributed by atoms with Gasteiger partial charge in [0.2, 0.25) is 15.9 Å². The van der Waals surface area contributed by atoms with Gasteiger partial charge in [-0.1, -0.05) is 6.92 Å². The fourth-order valence-electron chi connectivity index (χ4n) is 4.56. The molecule has 1 aliphatic carbocycles. The van der Waals surface area contributed by atoms with Gasteiger partial charge in [0, 0.05) is 24.8 Å². The highest BCUT2D eigenvalue weighted by atomic mass is 32.2. The minimum Gasteiger partial charge on any atom is -0.496 e. The van der Waals surface area contributed by atoms with Crippen LogP contribution in [0.25, 0.3) is 0 Å². The SMILES string of the molecule is COc1ccc(NC(=O)CN(C)S(=O)(=O)C2CC(C)CC3C(C)NNC32)cc1C. The zero-order chi connectivity index (χ0) is 21.3. The molecule has 5 atom stereocenters. The number of methoxy groups -OCH3 is 1. The number of nitrogens with one attached hydrogen (secondary N) is 3. The lowest BCUT2D eigenvalue weighted by Gasteiger charge is -2.38. The largest absolute Gasteiger partial charge is 0.496 e. The molecule has 2 aliphatic rings. The Hall–Kier alpha value is -1.68. The summed E-state index contributed by atoms with van der Waals surface area (Å²) in [7, 11) is -0.558. The molecule has 3 N–H and O–H groups in total. The third-order valence-electron chi connectivity index (χ3n) is 6.15. The van der Waals surface area contributed by atoms with E-state index in [1.54, 1.807) is 25.3 Å². The Kier molecular flexibility index (Phi) is 6.52. The van der Waals surface area contributed by atoms with Crippen LogP contribution in [0.2, 0.25) is 0 Å². The molecule has 162 valence electrons. The van der Waals surface area contributed by atoms with Gasteiger partial charge >= 0.3 is 0 Å². The molecular formula is C20H32N4O4S. The van der Waals surface area contributed by atoms with Crippen molar-refractivity contribution in [3.63, 3.8) is 0 Å². The first-order valence-corrected chi connectivity index (χ1v) is 11.5. The number of carbonyl (C=O) groups is 1. The summed E-state index contributed by atoms with van der Waals surface area (Å²) in [5.41, 5.74) is 7.87. The number of aryl methyl sites for hydroxylation is 1. The van der Waals surface area contributed by atoms with E-state index in [1.807, 2.05) is 6.92 Å². The predicted octanol–water partition coefficient (Wildman–Crippen LogP) is 1.48. The molecule has 1 heterocycles. The number of carbonyl (C=O) groups excluding carboxylic acids is 1. The number of hydrogen-bond donors (Lipinski definition) is 3. The topological polar surface area (TPSA) is 99.8 Å². The lowest BCUT2D eigenvalue weighted by molar-refractivity contribution is -0.116. The van der Waals surface area contributed by atoms with Crippen molar-refractivity contribution in [1.29, 1.82) is 0 Å². The average molecular weight is 425 g/mol. The number of anilines is 1. The molecule has 5 unspecified atom stereocenters. The minimum absolute atomic E-state index is 0.138. The van der Waals surface area contributed by atoms with Gasteiger partial charge in [-0.2, -0.15) is 4.31 Å². The van der Waals surface area contributed by atoms with E-state index in [-0.39, 0.29) is 30.5 Å². The van der Waals surface area contributed by atoms with Crippen molar-refractivity contribution in [2.75, 3.05) is 26.0 Å². The standard InChI is InChI=1S/C20H32N4O4S/c1-12-8-16-14(3)22-23-20(16)18(9-12)29(26,27)24(4)11-19(25)21-15-6-7-17(28-5)13(2)10-15/h6-7,10,12,14,16,18,20,22-23H,8-9,11H2,1-5H3,(H,21,25). The molecule has 0 bridgehead atoms. The highest BCUT2D eigenvalue weighted by Gasteiger charge is 2.49. The van der Waals surface area contributed by atoms with Crippen LogP contribution in [-0.4, -0.2) is 56.7 Å². The Bertz CT molecular complexity index is 860. The molecule has 1 aromatic rings. The van der Waals surface area contributed by atoms with Crippen molar-refractivity contribution in [3.05, 3.63) is 23.8 Å². The molecular weight excluding hydrogens is 392 g/mol. The number of hydrazine groups is 1. The number of amides is 1. The number of sulfonamides is 1. The molecule has 3 rings (SSSR count). The van der Waals surface area contributed by atoms with Gasteiger partial charge in [-0.3, -0.25) is 15.6 Å². The molecule has 29 heavy (non-hydrogen) atoms. The predicted molar refractivity (Wildman–Crippen MR) is 113 cm³/mol. The average Bonchev–Trinajstić information content (AvgIpc) is 3.01. The van der Waals surface area contributed by atoms with Crippen LogP contribution in [0.15, 0.2) is 18.2 Å². The number of ether oxygens (including phenoxy) is 1. The first-order valence-electron chi connectivity index (χ1n) is 10.0. The number of rotatable bonds is 6. The van der Waals surface area contributed by atoms with Crippen LogP contribution < -0.4 is 20.9 Å². The molecule has 0 spiro atoms. The third-order valence-corrected chi connectivity index (χ3v) is 8.40. The molecule has 1 aliphatic heterocycles. The summed E-state index contributed by atoms with van der Waals surface area (Å²) in [4.78, 5) is 12.5. The van der Waals surface area contributed by atoms with Crippen LogP contribution in [-0.2, 0) is 14.8 Å². The van der Waals surface area contributed by atoms with Crippen LogP contribution in [0.5, 0.6) is 5.75 Å². The van der Waals surface area contributed by atoms with Gasteiger partial charge in [0.1, 0.15) is 5.75 Å². The van der Waals surface area contributed by atoms with Crippen molar-refractivity contribution in [2.45, 2.75) is 50.9 Å². The van der Waals surface area contributed by atoms with Crippen LogP contribution >= 0.6 is 0 Å². The van der Waals surface area contributed by atoms with E-state index in [0.717, 1.165) is 17.7 Å². The quantitative estimate of drug-likeness (QED) is 0.640. The lowest BCUT2D eigenvalue weighted by atomic mass is 9.77. The van der Waals surface area contributed by atoms with Gasteiger partial charge in [-0.05, 0) is 62.3 Å². The number of nitrogens with zero attached hydrogens (tertiary/aromatic N) is 1. The second kappa shape index (κ2) is 8.59. The summed E-state index contributed by atoms with van der Waals surface area (Å²) < 4.78 is 32.9. The highest BCUT2D eigenvalue weighted by molar-refractivity contribution is 7.89. The Morgan fingerprint density at radius 3 is 2.66 bits per heavy atom. The smallest absolute Gasteiger partial charge is 0.239 e. The maximum atomic E-state index is 13.3. The van der Waals surface area contributed by atoms with Gasteiger partial charge in [-0.25, -0.2) is 8.42 Å². The molecule has 1 saturated heterocycles. The molecule has 0 aromatic heterocycles. The van der Waals surface area contributed by atoms with Gasteiger partial charge in [0.05, 0.1) is 18.9 Å². The Morgan fingerprint density at radius 2 is 2.00 bits per heavy atom. The Labute approximate surface area is 173 Å². The monoisotopic (exact) mass is 424 g/mol. The highest BCUT2D eigenvalue weighted by Crippen LogP contribution is 2.37. The maximum Gasteiger partial charge on any atom is 0.239 e. The van der Waals surface area contributed by atoms with Crippen LogP contribution in [0.1, 0.15) is 32.3 Å². The van der Waals surface area contributed by atoms with E-state index in [4.69, 9.17) is 4.74 Å². The summed E-state index contributed by atoms with van der Waals surface area (Å²) in [6.07, 6.45) is 1.59. The van der Waals surface area contributed by atoms with E-state index in [0.29, 0.717) is 18.0 Å². The third kappa shape index (κ3) is 4.58. The minimum atomic E-state index is -3.63. The summed E-state index contributed by atoms with van der Waals surface area (Å²) in [6, 6.07) is 5.40. The van der Waals surface area contributed by atoms with Crippen LogP contribution in [0.3, 0.4) is 0 Å². The summed E-state index contributed by atoms with van der Waals surface area (Å²) in [5, 5.41) is 2.23. The number of hydrogen-bond acceptors (Lipinski definition) is 6. The van der Waals surface area contributed by atoms with E-state index < -0.39 is 15.3 Å². The fraction of sp³-hybridized carbons (Fsp3) is 0.650. The van der Waals surface area contributed by atoms with E-state index >= 15 is 0 Å². The first-order chi connectivity index (χ1) is 13.6. The van der Waals surface area contributed by atoms with E-state index in [9.17, 15) is 13.2 Å². The van der Waals surface area contributed by atoms with Gasteiger partial charge < -0.3 is 10.1 Å². The summed E-state index contributed by atoms with van der Waals surface area (Å²) in [5.74, 6) is 0.954. The van der Waals surface area contributed by atoms with Crippen molar-refractivity contribution in [1.82, 2.24) is 15.2 Å². The van der Waals surface area contributed by atoms with Gasteiger partial charge in [-0.15, -0.1) is 0 Å². The number of likely N-dealkylation sites (N-methyl/N-ethyl adjacent to an activating group) is 1. The molecule has 8 nitrogen and oxygen atoms in total. The molecule has 1 amide bonds. The molecule has 2 fully saturated rings. The molecule has 1 saturated carbocycles. The lowest BCUT2D eigenvalue weighted by Crippen LogP contribution is -2.54. The van der Waals surface area contributed by atoms with Crippen LogP contribution in [0.4, 0.5) is 5.69 Å². The number of fused-ring (bicyclic) bond motifs is 1. The van der Waals surface area contributed by atoms with Crippen molar-refractivity contribution in [3.8, 4) is 5.75 Å². The normalized spacial score (nSPS) is 29.5. The molecule has 1 aromatic carbocycles. The zero-order valence-electron chi connectivity index (χ0n) is 17.7. The second-order valence-corrected chi connectivity index (χ2v) is 10.7. The second-order valence-electron chi connectivity index (χ2n) is 8.42. The number of benzene rings is 1. The van der Waals surface area contributed by atoms with Crippen LogP contribution in [0, 0.1) is 18.8 Å². The maximum absolute atomic E-state index is 13.3. The van der Waals surface area contributed by atoms with Gasteiger partial charge in [0.15, 0.2) is 0 Å². The van der Waals surface area contributed by atoms with Crippen molar-refractivity contribution in [2.24, 2.45) is 11.8 Å².